The molecule has 4 heteroatoms. The molecule has 1 amide bonds. The number of rotatable bonds is 3. The minimum absolute atomic E-state index is 0.0115. The highest BCUT2D eigenvalue weighted by atomic mass is 79.9. The van der Waals surface area contributed by atoms with Gasteiger partial charge in [-0.2, -0.15) is 0 Å². The molecule has 0 aromatic heterocycles. The minimum Gasteiger partial charge on any atom is -0.325 e. The van der Waals surface area contributed by atoms with Gasteiger partial charge in [-0.05, 0) is 40.0 Å². The quantitative estimate of drug-likeness (QED) is 0.884. The molecule has 0 saturated carbocycles. The zero-order valence-electron chi connectivity index (χ0n) is 9.55. The Balaban J connectivity index is 2.77. The number of anilines is 1. The first-order chi connectivity index (χ1) is 7.41. The van der Waals surface area contributed by atoms with Crippen LogP contribution in [0.5, 0.6) is 0 Å². The summed E-state index contributed by atoms with van der Waals surface area (Å²) in [6.07, 6.45) is 0. The molecule has 0 radical (unpaired) electrons. The van der Waals surface area contributed by atoms with Gasteiger partial charge in [-0.1, -0.05) is 32.4 Å². The van der Waals surface area contributed by atoms with Crippen molar-refractivity contribution in [2.45, 2.75) is 20.8 Å². The van der Waals surface area contributed by atoms with Crippen molar-refractivity contribution in [2.24, 2.45) is 11.8 Å². The number of nitrogens with one attached hydrogen (secondary N) is 1. The van der Waals surface area contributed by atoms with E-state index in [1.54, 1.807) is 18.2 Å². The van der Waals surface area contributed by atoms with E-state index in [4.69, 9.17) is 11.6 Å². The summed E-state index contributed by atoms with van der Waals surface area (Å²) in [5.41, 5.74) is 0.752. The Hall–Kier alpha value is -0.540. The summed E-state index contributed by atoms with van der Waals surface area (Å²) in [5, 5.41) is 3.51. The Morgan fingerprint density at radius 1 is 1.38 bits per heavy atom. The molecule has 1 rings (SSSR count). The molecule has 2 nitrogen and oxygen atoms in total. The maximum atomic E-state index is 11.8. The second-order valence-electron chi connectivity index (χ2n) is 4.15. The number of carbonyl (C=O) groups is 1. The topological polar surface area (TPSA) is 29.1 Å². The first kappa shape index (κ1) is 13.5. The lowest BCUT2D eigenvalue weighted by molar-refractivity contribution is -0.120. The molecule has 0 aliphatic rings. The van der Waals surface area contributed by atoms with Gasteiger partial charge in [0.05, 0.1) is 5.69 Å². The molecule has 1 aromatic carbocycles. The van der Waals surface area contributed by atoms with Crippen molar-refractivity contribution in [2.75, 3.05) is 5.32 Å². The molecule has 1 N–H and O–H groups in total. The van der Waals surface area contributed by atoms with E-state index in [1.165, 1.54) is 0 Å². The van der Waals surface area contributed by atoms with Gasteiger partial charge in [0.15, 0.2) is 0 Å². The smallest absolute Gasteiger partial charge is 0.227 e. The van der Waals surface area contributed by atoms with Crippen molar-refractivity contribution >= 4 is 39.1 Å². The number of halogens is 2. The Bertz CT molecular complexity index is 393. The van der Waals surface area contributed by atoms with Gasteiger partial charge in [0.1, 0.15) is 0 Å². The number of hydrogen-bond donors (Lipinski definition) is 1. The second-order valence-corrected chi connectivity index (χ2v) is 5.44. The van der Waals surface area contributed by atoms with Crippen molar-refractivity contribution in [1.29, 1.82) is 0 Å². The first-order valence-corrected chi connectivity index (χ1v) is 6.35. The van der Waals surface area contributed by atoms with Gasteiger partial charge in [-0.3, -0.25) is 4.79 Å². The van der Waals surface area contributed by atoms with Crippen LogP contribution in [0.25, 0.3) is 0 Å². The van der Waals surface area contributed by atoms with Gasteiger partial charge in [0.25, 0.3) is 0 Å². The highest BCUT2D eigenvalue weighted by Crippen LogP contribution is 2.26. The fraction of sp³-hybridized carbons (Fsp3) is 0.417. The number of carbonyl (C=O) groups excluding carboxylic acids is 1. The van der Waals surface area contributed by atoms with Crippen LogP contribution in [0.4, 0.5) is 5.69 Å². The number of hydrogen-bond acceptors (Lipinski definition) is 1. The van der Waals surface area contributed by atoms with Gasteiger partial charge < -0.3 is 5.32 Å². The molecule has 0 heterocycles. The third-order valence-corrected chi connectivity index (χ3v) is 3.49. The number of benzene rings is 1. The lowest BCUT2D eigenvalue weighted by Gasteiger charge is -2.16. The predicted molar refractivity (Wildman–Crippen MR) is 71.8 cm³/mol. The average molecular weight is 305 g/mol. The van der Waals surface area contributed by atoms with Gasteiger partial charge >= 0.3 is 0 Å². The predicted octanol–water partition coefficient (Wildman–Crippen LogP) is 4.33. The van der Waals surface area contributed by atoms with Crippen molar-refractivity contribution in [3.63, 3.8) is 0 Å². The minimum atomic E-state index is -0.0115. The van der Waals surface area contributed by atoms with Crippen LogP contribution in [-0.2, 0) is 4.79 Å². The van der Waals surface area contributed by atoms with Crippen LogP contribution in [-0.4, -0.2) is 5.91 Å². The lowest BCUT2D eigenvalue weighted by atomic mass is 9.97. The van der Waals surface area contributed by atoms with Gasteiger partial charge in [-0.15, -0.1) is 0 Å². The normalized spacial score (nSPS) is 12.6. The largest absolute Gasteiger partial charge is 0.325 e. The van der Waals surface area contributed by atoms with E-state index in [-0.39, 0.29) is 11.8 Å². The van der Waals surface area contributed by atoms with E-state index in [0.717, 1.165) is 10.2 Å². The average Bonchev–Trinajstić information content (AvgIpc) is 2.20. The van der Waals surface area contributed by atoms with Crippen LogP contribution in [0.2, 0.25) is 5.02 Å². The Morgan fingerprint density at radius 2 is 2.00 bits per heavy atom. The molecular weight excluding hydrogens is 289 g/mol. The molecular formula is C12H15BrClNO. The van der Waals surface area contributed by atoms with Crippen LogP contribution in [0.1, 0.15) is 20.8 Å². The van der Waals surface area contributed by atoms with Gasteiger partial charge in [0.2, 0.25) is 5.91 Å². The molecule has 1 aromatic rings. The first-order valence-electron chi connectivity index (χ1n) is 5.17. The Labute approximate surface area is 110 Å². The summed E-state index contributed by atoms with van der Waals surface area (Å²) in [4.78, 5) is 11.8. The van der Waals surface area contributed by atoms with Crippen LogP contribution >= 0.6 is 27.5 Å². The molecule has 0 bridgehead atoms. The van der Waals surface area contributed by atoms with Crippen molar-refractivity contribution < 1.29 is 4.79 Å². The van der Waals surface area contributed by atoms with E-state index >= 15 is 0 Å². The summed E-state index contributed by atoms with van der Waals surface area (Å²) in [6, 6.07) is 5.30. The number of amides is 1. The molecule has 0 spiro atoms. The van der Waals surface area contributed by atoms with Crippen LogP contribution in [0.3, 0.4) is 0 Å². The van der Waals surface area contributed by atoms with Crippen molar-refractivity contribution in [1.82, 2.24) is 0 Å². The maximum absolute atomic E-state index is 11.8. The third-order valence-electron chi connectivity index (χ3n) is 2.60. The molecule has 0 aliphatic heterocycles. The highest BCUT2D eigenvalue weighted by molar-refractivity contribution is 9.10. The van der Waals surface area contributed by atoms with Crippen molar-refractivity contribution in [3.05, 3.63) is 27.7 Å². The molecule has 0 saturated heterocycles. The summed E-state index contributed by atoms with van der Waals surface area (Å²) in [6.45, 7) is 5.98. The van der Waals surface area contributed by atoms with E-state index in [0.29, 0.717) is 10.9 Å². The standard InChI is InChI=1S/C12H15BrClNO/c1-7(2)8(3)12(16)15-11-5-4-9(14)6-10(11)13/h4-8H,1-3H3,(H,15,16). The fourth-order valence-electron chi connectivity index (χ4n) is 1.14. The monoisotopic (exact) mass is 303 g/mol. The molecule has 0 aliphatic carbocycles. The van der Waals surface area contributed by atoms with Crippen LogP contribution < -0.4 is 5.32 Å². The summed E-state index contributed by atoms with van der Waals surface area (Å²) >= 11 is 9.19. The molecule has 1 unspecified atom stereocenters. The summed E-state index contributed by atoms with van der Waals surface area (Å²) < 4.78 is 0.796. The van der Waals surface area contributed by atoms with Crippen molar-refractivity contribution in [3.8, 4) is 0 Å². The highest BCUT2D eigenvalue weighted by Gasteiger charge is 2.17. The Morgan fingerprint density at radius 3 is 2.50 bits per heavy atom. The van der Waals surface area contributed by atoms with Gasteiger partial charge in [0, 0.05) is 15.4 Å². The summed E-state index contributed by atoms with van der Waals surface area (Å²) in [7, 11) is 0. The second kappa shape index (κ2) is 5.69. The lowest BCUT2D eigenvalue weighted by Crippen LogP contribution is -2.24. The van der Waals surface area contributed by atoms with E-state index in [2.05, 4.69) is 21.2 Å². The fourth-order valence-corrected chi connectivity index (χ4v) is 1.92. The van der Waals surface area contributed by atoms with E-state index in [1.807, 2.05) is 20.8 Å². The van der Waals surface area contributed by atoms with E-state index < -0.39 is 0 Å². The molecule has 1 atom stereocenters. The maximum Gasteiger partial charge on any atom is 0.227 e. The SMILES string of the molecule is CC(C)C(C)C(=O)Nc1ccc(Cl)cc1Br. The zero-order valence-corrected chi connectivity index (χ0v) is 11.9. The van der Waals surface area contributed by atoms with E-state index in [9.17, 15) is 4.79 Å². The molecule has 16 heavy (non-hydrogen) atoms. The van der Waals surface area contributed by atoms with Crippen LogP contribution in [0, 0.1) is 11.8 Å². The zero-order chi connectivity index (χ0) is 12.3. The Kier molecular flexibility index (Phi) is 4.81. The third kappa shape index (κ3) is 3.49. The van der Waals surface area contributed by atoms with Crippen LogP contribution in [0.15, 0.2) is 22.7 Å². The van der Waals surface area contributed by atoms with Gasteiger partial charge in [-0.25, -0.2) is 0 Å². The molecule has 0 fully saturated rings. The summed E-state index contributed by atoms with van der Waals surface area (Å²) in [5.74, 6) is 0.340. The molecule has 88 valence electrons.